The lowest BCUT2D eigenvalue weighted by molar-refractivity contribution is -0.135. The summed E-state index contributed by atoms with van der Waals surface area (Å²) in [4.78, 5) is 13.8. The molecule has 2 rings (SSSR count). The van der Waals surface area contributed by atoms with Gasteiger partial charge < -0.3 is 4.90 Å². The van der Waals surface area contributed by atoms with E-state index in [1.807, 2.05) is 4.90 Å². The van der Waals surface area contributed by atoms with Crippen molar-refractivity contribution in [3.63, 3.8) is 0 Å². The minimum absolute atomic E-state index is 0.0323. The molecule has 0 spiro atoms. The predicted octanol–water partition coefficient (Wildman–Crippen LogP) is 2.33. The molecule has 0 aromatic heterocycles. The summed E-state index contributed by atoms with van der Waals surface area (Å²) in [5, 5.41) is 8.80. The van der Waals surface area contributed by atoms with Crippen LogP contribution in [0.15, 0.2) is 0 Å². The van der Waals surface area contributed by atoms with E-state index < -0.39 is 0 Å². The van der Waals surface area contributed by atoms with Crippen molar-refractivity contribution in [1.82, 2.24) is 4.90 Å². The molecule has 1 saturated heterocycles. The molecule has 1 aliphatic carbocycles. The maximum atomic E-state index is 11.8. The van der Waals surface area contributed by atoms with Crippen LogP contribution in [0.4, 0.5) is 0 Å². The predicted molar refractivity (Wildman–Crippen MR) is 61.5 cm³/mol. The molecule has 1 unspecified atom stereocenters. The van der Waals surface area contributed by atoms with Crippen LogP contribution in [-0.2, 0) is 4.79 Å². The summed E-state index contributed by atoms with van der Waals surface area (Å²) < 4.78 is 0. The molecule has 16 heavy (non-hydrogen) atoms. The van der Waals surface area contributed by atoms with Crippen molar-refractivity contribution in [2.24, 2.45) is 11.8 Å². The minimum Gasteiger partial charge on any atom is -0.342 e. The molecule has 2 aliphatic rings. The van der Waals surface area contributed by atoms with Crippen molar-refractivity contribution < 1.29 is 4.79 Å². The second kappa shape index (κ2) is 5.34. The molecule has 0 radical (unpaired) electrons. The first kappa shape index (κ1) is 11.4. The van der Waals surface area contributed by atoms with Crippen LogP contribution < -0.4 is 0 Å². The number of carbonyl (C=O) groups excluding carboxylic acids is 1. The first-order valence-corrected chi connectivity index (χ1v) is 6.47. The first-order valence-electron chi connectivity index (χ1n) is 6.47. The highest BCUT2D eigenvalue weighted by Gasteiger charge is 2.27. The molecule has 3 nitrogen and oxygen atoms in total. The van der Waals surface area contributed by atoms with E-state index in [2.05, 4.69) is 6.07 Å². The maximum absolute atomic E-state index is 11.8. The van der Waals surface area contributed by atoms with E-state index in [9.17, 15) is 4.79 Å². The average molecular weight is 220 g/mol. The summed E-state index contributed by atoms with van der Waals surface area (Å²) in [6, 6.07) is 2.21. The fourth-order valence-electron chi connectivity index (χ4n) is 2.86. The molecule has 0 aromatic carbocycles. The van der Waals surface area contributed by atoms with Gasteiger partial charge in [0.05, 0.1) is 12.0 Å². The summed E-state index contributed by atoms with van der Waals surface area (Å²) >= 11 is 0. The Bertz CT molecular complexity index is 289. The standard InChI is InChI=1S/C13H20N2O/c14-9-12-6-7-15(13(16)8-12)10-11-4-2-1-3-5-11/h11-12H,1-8,10H2. The van der Waals surface area contributed by atoms with Crippen LogP contribution in [0.5, 0.6) is 0 Å². The molecule has 1 atom stereocenters. The average Bonchev–Trinajstić information content (AvgIpc) is 2.33. The quantitative estimate of drug-likeness (QED) is 0.717. The second-order valence-electron chi connectivity index (χ2n) is 5.16. The third-order valence-corrected chi connectivity index (χ3v) is 3.91. The van der Waals surface area contributed by atoms with Crippen LogP contribution in [0, 0.1) is 23.2 Å². The summed E-state index contributed by atoms with van der Waals surface area (Å²) in [6.07, 6.45) is 7.90. The highest BCUT2D eigenvalue weighted by molar-refractivity contribution is 5.77. The van der Waals surface area contributed by atoms with Gasteiger partial charge in [-0.1, -0.05) is 19.3 Å². The molecule has 1 aliphatic heterocycles. The Morgan fingerprint density at radius 1 is 1.25 bits per heavy atom. The lowest BCUT2D eigenvalue weighted by Crippen LogP contribution is -2.41. The van der Waals surface area contributed by atoms with Gasteiger partial charge in [-0.05, 0) is 25.2 Å². The largest absolute Gasteiger partial charge is 0.342 e. The zero-order valence-electron chi connectivity index (χ0n) is 9.82. The van der Waals surface area contributed by atoms with Crippen LogP contribution in [0.25, 0.3) is 0 Å². The number of amides is 1. The SMILES string of the molecule is N#CC1CCN(CC2CCCCC2)C(=O)C1. The van der Waals surface area contributed by atoms with Gasteiger partial charge in [0.2, 0.25) is 5.91 Å². The topological polar surface area (TPSA) is 44.1 Å². The zero-order chi connectivity index (χ0) is 11.4. The van der Waals surface area contributed by atoms with Crippen molar-refractivity contribution in [3.05, 3.63) is 0 Å². The molecule has 0 aromatic rings. The van der Waals surface area contributed by atoms with Gasteiger partial charge in [0.25, 0.3) is 0 Å². The molecule has 1 heterocycles. The summed E-state index contributed by atoms with van der Waals surface area (Å²) in [5.74, 6) is 0.884. The normalized spacial score (nSPS) is 27.8. The van der Waals surface area contributed by atoms with Crippen LogP contribution in [0.3, 0.4) is 0 Å². The molecule has 88 valence electrons. The molecule has 0 N–H and O–H groups in total. The zero-order valence-corrected chi connectivity index (χ0v) is 9.82. The van der Waals surface area contributed by atoms with Crippen molar-refractivity contribution in [2.75, 3.05) is 13.1 Å². The van der Waals surface area contributed by atoms with Crippen molar-refractivity contribution in [2.45, 2.75) is 44.9 Å². The van der Waals surface area contributed by atoms with Gasteiger partial charge in [-0.2, -0.15) is 5.26 Å². The number of hydrogen-bond acceptors (Lipinski definition) is 2. The van der Waals surface area contributed by atoms with Crippen LogP contribution in [-0.4, -0.2) is 23.9 Å². The third-order valence-electron chi connectivity index (χ3n) is 3.91. The Morgan fingerprint density at radius 3 is 2.62 bits per heavy atom. The highest BCUT2D eigenvalue weighted by atomic mass is 16.2. The Morgan fingerprint density at radius 2 is 2.00 bits per heavy atom. The fourth-order valence-corrected chi connectivity index (χ4v) is 2.86. The van der Waals surface area contributed by atoms with Crippen LogP contribution in [0.1, 0.15) is 44.9 Å². The molecular weight excluding hydrogens is 200 g/mol. The van der Waals surface area contributed by atoms with Gasteiger partial charge in [0.1, 0.15) is 0 Å². The number of nitriles is 1. The summed E-state index contributed by atoms with van der Waals surface area (Å²) in [5.41, 5.74) is 0. The lowest BCUT2D eigenvalue weighted by Gasteiger charge is -2.33. The van der Waals surface area contributed by atoms with Crippen molar-refractivity contribution in [1.29, 1.82) is 5.26 Å². The maximum Gasteiger partial charge on any atom is 0.223 e. The number of nitrogens with zero attached hydrogens (tertiary/aromatic N) is 2. The second-order valence-corrected chi connectivity index (χ2v) is 5.16. The van der Waals surface area contributed by atoms with Gasteiger partial charge in [-0.25, -0.2) is 0 Å². The number of rotatable bonds is 2. The molecule has 0 bridgehead atoms. The van der Waals surface area contributed by atoms with E-state index in [-0.39, 0.29) is 11.8 Å². The van der Waals surface area contributed by atoms with E-state index >= 15 is 0 Å². The number of carbonyl (C=O) groups is 1. The van der Waals surface area contributed by atoms with Gasteiger partial charge in [0.15, 0.2) is 0 Å². The number of piperidine rings is 1. The van der Waals surface area contributed by atoms with Gasteiger partial charge in [-0.3, -0.25) is 4.79 Å². The van der Waals surface area contributed by atoms with Crippen LogP contribution in [0.2, 0.25) is 0 Å². The Labute approximate surface area is 97.4 Å². The molecule has 2 fully saturated rings. The number of hydrogen-bond donors (Lipinski definition) is 0. The van der Waals surface area contributed by atoms with Crippen molar-refractivity contribution in [3.8, 4) is 6.07 Å². The van der Waals surface area contributed by atoms with E-state index in [4.69, 9.17) is 5.26 Å². The monoisotopic (exact) mass is 220 g/mol. The minimum atomic E-state index is -0.0323. The molecule has 3 heteroatoms. The van der Waals surface area contributed by atoms with Crippen molar-refractivity contribution >= 4 is 5.91 Å². The lowest BCUT2D eigenvalue weighted by atomic mass is 9.88. The fraction of sp³-hybridized carbons (Fsp3) is 0.846. The molecule has 1 saturated carbocycles. The van der Waals surface area contributed by atoms with Gasteiger partial charge >= 0.3 is 0 Å². The number of likely N-dealkylation sites (tertiary alicyclic amines) is 1. The highest BCUT2D eigenvalue weighted by Crippen LogP contribution is 2.26. The third kappa shape index (κ3) is 2.75. The smallest absolute Gasteiger partial charge is 0.223 e. The Balaban J connectivity index is 1.82. The van der Waals surface area contributed by atoms with Crippen LogP contribution >= 0.6 is 0 Å². The van der Waals surface area contributed by atoms with E-state index in [0.717, 1.165) is 25.4 Å². The van der Waals surface area contributed by atoms with Gasteiger partial charge in [-0.15, -0.1) is 0 Å². The molecule has 1 amide bonds. The van der Waals surface area contributed by atoms with E-state index in [1.54, 1.807) is 0 Å². The van der Waals surface area contributed by atoms with E-state index in [0.29, 0.717) is 6.42 Å². The Kier molecular flexibility index (Phi) is 3.82. The summed E-state index contributed by atoms with van der Waals surface area (Å²) in [6.45, 7) is 1.74. The molecular formula is C13H20N2O. The Hall–Kier alpha value is -1.04. The summed E-state index contributed by atoms with van der Waals surface area (Å²) in [7, 11) is 0. The van der Waals surface area contributed by atoms with E-state index in [1.165, 1.54) is 32.1 Å². The first-order chi connectivity index (χ1) is 7.79. The van der Waals surface area contributed by atoms with Gasteiger partial charge in [0, 0.05) is 19.5 Å².